The third-order valence-corrected chi connectivity index (χ3v) is 7.19. The van der Waals surface area contributed by atoms with Crippen LogP contribution in [-0.2, 0) is 52.1 Å². The van der Waals surface area contributed by atoms with Gasteiger partial charge >= 0.3 is 0 Å². The first kappa shape index (κ1) is 47.5. The van der Waals surface area contributed by atoms with Crippen LogP contribution < -0.4 is 0 Å². The van der Waals surface area contributed by atoms with Gasteiger partial charge in [-0.05, 0) is 12.8 Å². The third-order valence-electron chi connectivity index (χ3n) is 7.19. The quantitative estimate of drug-likeness (QED) is 0.0875. The molecule has 290 valence electrons. The standard InChI is InChI=1S/C36H74O12/c1-3-5-6-7-8-9-10-11-12-13-15-47-35-36(4-2)48-34-33-46-32-31-45-30-29-44-28-27-43-26-25-42-24-23-41-22-21-40-20-19-39-18-17-38-16-14-37/h36-37H,3-35H2,1-2H3. The first-order chi connectivity index (χ1) is 23.8. The molecule has 1 unspecified atom stereocenters. The van der Waals surface area contributed by atoms with Gasteiger partial charge in [0, 0.05) is 6.61 Å². The molecule has 0 fully saturated rings. The number of ether oxygens (including phenoxy) is 11. The molecule has 0 aromatic carbocycles. The second-order valence-corrected chi connectivity index (χ2v) is 11.4. The minimum Gasteiger partial charge on any atom is -0.394 e. The average Bonchev–Trinajstić information content (AvgIpc) is 3.10. The summed E-state index contributed by atoms with van der Waals surface area (Å²) in [6, 6.07) is 0. The van der Waals surface area contributed by atoms with E-state index in [1.807, 2.05) is 0 Å². The summed E-state index contributed by atoms with van der Waals surface area (Å²) in [5.41, 5.74) is 0. The predicted molar refractivity (Wildman–Crippen MR) is 187 cm³/mol. The van der Waals surface area contributed by atoms with Crippen molar-refractivity contribution >= 4 is 0 Å². The normalized spacial score (nSPS) is 12.3. The van der Waals surface area contributed by atoms with E-state index in [1.165, 1.54) is 57.8 Å². The van der Waals surface area contributed by atoms with Gasteiger partial charge in [0.1, 0.15) is 0 Å². The van der Waals surface area contributed by atoms with E-state index in [2.05, 4.69) is 13.8 Å². The Hall–Kier alpha value is -0.480. The smallest absolute Gasteiger partial charge is 0.0807 e. The zero-order valence-corrected chi connectivity index (χ0v) is 30.8. The topological polar surface area (TPSA) is 122 Å². The van der Waals surface area contributed by atoms with E-state index in [0.717, 1.165) is 19.4 Å². The Morgan fingerprint density at radius 1 is 0.333 bits per heavy atom. The molecule has 12 heteroatoms. The Kier molecular flexibility index (Phi) is 44.1. The van der Waals surface area contributed by atoms with Gasteiger partial charge < -0.3 is 57.2 Å². The maximum atomic E-state index is 8.59. The largest absolute Gasteiger partial charge is 0.394 e. The lowest BCUT2D eigenvalue weighted by Crippen LogP contribution is -2.22. The summed E-state index contributed by atoms with van der Waals surface area (Å²) >= 11 is 0. The fourth-order valence-corrected chi connectivity index (χ4v) is 4.39. The van der Waals surface area contributed by atoms with Crippen LogP contribution in [0.15, 0.2) is 0 Å². The Morgan fingerprint density at radius 3 is 0.979 bits per heavy atom. The van der Waals surface area contributed by atoms with E-state index in [4.69, 9.17) is 57.2 Å². The van der Waals surface area contributed by atoms with Crippen LogP contribution in [0.2, 0.25) is 0 Å². The van der Waals surface area contributed by atoms with E-state index < -0.39 is 0 Å². The summed E-state index contributed by atoms with van der Waals surface area (Å²) in [6.07, 6.45) is 14.5. The van der Waals surface area contributed by atoms with Crippen LogP contribution >= 0.6 is 0 Å². The zero-order valence-electron chi connectivity index (χ0n) is 30.8. The molecular weight excluding hydrogens is 624 g/mol. The minimum atomic E-state index is 0.0282. The molecule has 48 heavy (non-hydrogen) atoms. The lowest BCUT2D eigenvalue weighted by molar-refractivity contribution is -0.0483. The highest BCUT2D eigenvalue weighted by Gasteiger charge is 2.06. The molecule has 0 amide bonds. The summed E-state index contributed by atoms with van der Waals surface area (Å²) in [5.74, 6) is 0. The van der Waals surface area contributed by atoms with E-state index in [-0.39, 0.29) is 12.7 Å². The molecule has 0 aromatic heterocycles. The van der Waals surface area contributed by atoms with Crippen LogP contribution in [-0.4, -0.2) is 157 Å². The molecule has 0 bridgehead atoms. The lowest BCUT2D eigenvalue weighted by atomic mass is 10.1. The molecule has 0 spiro atoms. The van der Waals surface area contributed by atoms with Crippen molar-refractivity contribution in [1.29, 1.82) is 0 Å². The summed E-state index contributed by atoms with van der Waals surface area (Å²) in [7, 11) is 0. The number of rotatable bonds is 44. The highest BCUT2D eigenvalue weighted by Crippen LogP contribution is 2.10. The van der Waals surface area contributed by atoms with Gasteiger partial charge in [-0.25, -0.2) is 0 Å². The summed E-state index contributed by atoms with van der Waals surface area (Å²) < 4.78 is 60.7. The fourth-order valence-electron chi connectivity index (χ4n) is 4.39. The maximum Gasteiger partial charge on any atom is 0.0807 e. The second kappa shape index (κ2) is 44.5. The van der Waals surface area contributed by atoms with Crippen LogP contribution in [0, 0.1) is 0 Å². The molecule has 0 heterocycles. The van der Waals surface area contributed by atoms with Gasteiger partial charge in [0.2, 0.25) is 0 Å². The van der Waals surface area contributed by atoms with Gasteiger partial charge in [-0.15, -0.1) is 0 Å². The number of hydrogen-bond acceptors (Lipinski definition) is 12. The monoisotopic (exact) mass is 699 g/mol. The Bertz CT molecular complexity index is 561. The van der Waals surface area contributed by atoms with Crippen molar-refractivity contribution in [3.8, 4) is 0 Å². The SMILES string of the molecule is CCCCCCCCCCCCOCC(CC)OCCOCCOCCOCCOCCOCCOCCOCCOCCOCCO. The van der Waals surface area contributed by atoms with Crippen LogP contribution in [0.1, 0.15) is 84.5 Å². The van der Waals surface area contributed by atoms with Crippen molar-refractivity contribution in [2.75, 3.05) is 145 Å². The first-order valence-corrected chi connectivity index (χ1v) is 18.8. The van der Waals surface area contributed by atoms with Crippen molar-refractivity contribution in [3.05, 3.63) is 0 Å². The van der Waals surface area contributed by atoms with Crippen molar-refractivity contribution in [3.63, 3.8) is 0 Å². The molecule has 0 aliphatic heterocycles. The Labute approximate surface area is 293 Å². The second-order valence-electron chi connectivity index (χ2n) is 11.4. The molecule has 0 rings (SSSR count). The van der Waals surface area contributed by atoms with E-state index in [1.54, 1.807) is 0 Å². The number of aliphatic hydroxyl groups is 1. The van der Waals surface area contributed by atoms with Gasteiger partial charge in [-0.1, -0.05) is 71.6 Å². The van der Waals surface area contributed by atoms with E-state index in [0.29, 0.717) is 132 Å². The van der Waals surface area contributed by atoms with E-state index >= 15 is 0 Å². The van der Waals surface area contributed by atoms with Gasteiger partial charge in [0.15, 0.2) is 0 Å². The molecule has 0 aromatic rings. The highest BCUT2D eigenvalue weighted by molar-refractivity contribution is 4.54. The maximum absolute atomic E-state index is 8.59. The number of unbranched alkanes of at least 4 members (excludes halogenated alkanes) is 9. The molecule has 1 N–H and O–H groups in total. The van der Waals surface area contributed by atoms with Gasteiger partial charge in [0.25, 0.3) is 0 Å². The van der Waals surface area contributed by atoms with Crippen molar-refractivity contribution in [1.82, 2.24) is 0 Å². The molecule has 0 radical (unpaired) electrons. The lowest BCUT2D eigenvalue weighted by Gasteiger charge is -2.16. The van der Waals surface area contributed by atoms with Crippen LogP contribution in [0.25, 0.3) is 0 Å². The zero-order chi connectivity index (χ0) is 34.7. The molecule has 0 aliphatic rings. The molecule has 0 saturated carbocycles. The van der Waals surface area contributed by atoms with Crippen LogP contribution in [0.5, 0.6) is 0 Å². The third kappa shape index (κ3) is 41.7. The molecule has 0 saturated heterocycles. The number of aliphatic hydroxyl groups excluding tert-OH is 1. The van der Waals surface area contributed by atoms with Crippen molar-refractivity contribution in [2.45, 2.75) is 90.6 Å². The van der Waals surface area contributed by atoms with E-state index in [9.17, 15) is 0 Å². The molecule has 1 atom stereocenters. The van der Waals surface area contributed by atoms with Crippen LogP contribution in [0.4, 0.5) is 0 Å². The minimum absolute atomic E-state index is 0.0282. The number of hydrogen-bond donors (Lipinski definition) is 1. The fraction of sp³-hybridized carbons (Fsp3) is 1.00. The summed E-state index contributed by atoms with van der Waals surface area (Å²) in [6.45, 7) is 15.6. The predicted octanol–water partition coefficient (Wildman–Crippen LogP) is 4.86. The first-order valence-electron chi connectivity index (χ1n) is 18.8. The summed E-state index contributed by atoms with van der Waals surface area (Å²) in [4.78, 5) is 0. The molecule has 12 nitrogen and oxygen atoms in total. The Morgan fingerprint density at radius 2 is 0.646 bits per heavy atom. The average molecular weight is 699 g/mol. The molecule has 0 aliphatic carbocycles. The van der Waals surface area contributed by atoms with Crippen LogP contribution in [0.3, 0.4) is 0 Å². The Balaban J connectivity index is 3.19. The molecular formula is C36H74O12. The summed E-state index contributed by atoms with van der Waals surface area (Å²) in [5, 5.41) is 8.59. The van der Waals surface area contributed by atoms with Gasteiger partial charge in [-0.3, -0.25) is 0 Å². The van der Waals surface area contributed by atoms with Gasteiger partial charge in [-0.2, -0.15) is 0 Å². The van der Waals surface area contributed by atoms with Crippen molar-refractivity contribution in [2.24, 2.45) is 0 Å². The highest BCUT2D eigenvalue weighted by atomic mass is 16.6. The van der Waals surface area contributed by atoms with Gasteiger partial charge in [0.05, 0.1) is 145 Å². The van der Waals surface area contributed by atoms with Crippen molar-refractivity contribution < 1.29 is 57.2 Å².